The van der Waals surface area contributed by atoms with Crippen molar-refractivity contribution >= 4 is 31.9 Å². The van der Waals surface area contributed by atoms with Gasteiger partial charge in [0, 0.05) is 23.9 Å². The van der Waals surface area contributed by atoms with Crippen LogP contribution < -0.4 is 0 Å². The lowest BCUT2D eigenvalue weighted by atomic mass is 10.1. The maximum Gasteiger partial charge on any atom is 0.157 e. The summed E-state index contributed by atoms with van der Waals surface area (Å²) in [7, 11) is 0. The highest BCUT2D eigenvalue weighted by molar-refractivity contribution is 9.10. The molecule has 1 fully saturated rings. The Hall–Kier alpha value is 0.620. The van der Waals surface area contributed by atoms with Crippen molar-refractivity contribution in [1.82, 2.24) is 0 Å². The van der Waals surface area contributed by atoms with E-state index in [9.17, 15) is 0 Å². The van der Waals surface area contributed by atoms with Gasteiger partial charge < -0.3 is 9.47 Å². The summed E-state index contributed by atoms with van der Waals surface area (Å²) in [5, 5.41) is 1.97. The Balaban J connectivity index is 1.83. The second kappa shape index (κ2) is 13.3. The topological polar surface area (TPSA) is 18.5 Å². The van der Waals surface area contributed by atoms with Crippen LogP contribution in [0, 0.1) is 0 Å². The minimum atomic E-state index is 0.0841. The molecule has 0 bridgehead atoms. The highest BCUT2D eigenvalue weighted by Crippen LogP contribution is 2.15. The van der Waals surface area contributed by atoms with Crippen LogP contribution in [-0.2, 0) is 9.47 Å². The van der Waals surface area contributed by atoms with E-state index in [1.807, 2.05) is 0 Å². The Morgan fingerprint density at radius 3 is 2.50 bits per heavy atom. The first-order chi connectivity index (χ1) is 9.86. The van der Waals surface area contributed by atoms with Gasteiger partial charge in [0.25, 0.3) is 0 Å². The van der Waals surface area contributed by atoms with Crippen LogP contribution in [0.25, 0.3) is 0 Å². The first-order valence-corrected chi connectivity index (χ1v) is 10.1. The summed E-state index contributed by atoms with van der Waals surface area (Å²) in [4.78, 5) is 0. The Bertz CT molecular complexity index is 245. The van der Waals surface area contributed by atoms with Gasteiger partial charge in [0.05, 0.1) is 0 Å². The molecule has 1 saturated heterocycles. The number of allylic oxidation sites excluding steroid dienone is 2. The van der Waals surface area contributed by atoms with Gasteiger partial charge >= 0.3 is 0 Å². The molecular formula is C16H28Br2O2. The third kappa shape index (κ3) is 9.54. The zero-order valence-corrected chi connectivity index (χ0v) is 15.6. The highest BCUT2D eigenvalue weighted by atomic mass is 79.9. The van der Waals surface area contributed by atoms with Crippen molar-refractivity contribution in [2.24, 2.45) is 0 Å². The van der Waals surface area contributed by atoms with E-state index in [0.29, 0.717) is 0 Å². The van der Waals surface area contributed by atoms with Crippen LogP contribution in [0.5, 0.6) is 0 Å². The lowest BCUT2D eigenvalue weighted by molar-refractivity contribution is -0.162. The molecule has 0 aromatic carbocycles. The standard InChI is InChI=1S/C16H28Br2O2/c17-13-15(14-18)9-5-3-1-2-4-7-11-19-16-10-6-8-12-20-16/h9,16H,1-8,10-14H2. The molecule has 4 heteroatoms. The number of unbranched alkanes of at least 4 members (excludes halogenated alkanes) is 5. The van der Waals surface area contributed by atoms with Crippen molar-refractivity contribution in [3.05, 3.63) is 11.6 Å². The summed E-state index contributed by atoms with van der Waals surface area (Å²) in [5.74, 6) is 0. The number of hydrogen-bond acceptors (Lipinski definition) is 2. The van der Waals surface area contributed by atoms with Crippen molar-refractivity contribution in [3.8, 4) is 0 Å². The molecule has 1 aliphatic heterocycles. The predicted octanol–water partition coefficient (Wildman–Crippen LogP) is 5.59. The zero-order valence-electron chi connectivity index (χ0n) is 12.4. The fraction of sp³-hybridized carbons (Fsp3) is 0.875. The molecule has 1 unspecified atom stereocenters. The molecule has 0 amide bonds. The number of rotatable bonds is 11. The van der Waals surface area contributed by atoms with E-state index in [4.69, 9.17) is 9.47 Å². The van der Waals surface area contributed by atoms with Crippen molar-refractivity contribution in [1.29, 1.82) is 0 Å². The molecule has 0 saturated carbocycles. The second-order valence-corrected chi connectivity index (χ2v) is 6.47. The molecule has 1 heterocycles. The van der Waals surface area contributed by atoms with Gasteiger partial charge in [-0.25, -0.2) is 0 Å². The Kier molecular flexibility index (Phi) is 12.4. The smallest absolute Gasteiger partial charge is 0.157 e. The van der Waals surface area contributed by atoms with E-state index in [1.165, 1.54) is 56.9 Å². The van der Waals surface area contributed by atoms with E-state index >= 15 is 0 Å². The average Bonchev–Trinajstić information content (AvgIpc) is 2.50. The Morgan fingerprint density at radius 2 is 1.80 bits per heavy atom. The summed E-state index contributed by atoms with van der Waals surface area (Å²) >= 11 is 7.00. The van der Waals surface area contributed by atoms with Gasteiger partial charge in [-0.1, -0.05) is 62.8 Å². The van der Waals surface area contributed by atoms with Gasteiger partial charge in [0.15, 0.2) is 6.29 Å². The van der Waals surface area contributed by atoms with Crippen LogP contribution in [0.2, 0.25) is 0 Å². The molecule has 0 radical (unpaired) electrons. The van der Waals surface area contributed by atoms with E-state index in [2.05, 4.69) is 37.9 Å². The molecule has 118 valence electrons. The summed E-state index contributed by atoms with van der Waals surface area (Å²) < 4.78 is 11.3. The molecule has 1 atom stereocenters. The summed E-state index contributed by atoms with van der Waals surface area (Å²) in [5.41, 5.74) is 1.45. The molecule has 0 aliphatic carbocycles. The number of alkyl halides is 2. The molecule has 0 aromatic rings. The van der Waals surface area contributed by atoms with Crippen LogP contribution >= 0.6 is 31.9 Å². The SMILES string of the molecule is BrCC(=CCCCCCCCOC1CCCCO1)CBr. The van der Waals surface area contributed by atoms with Crippen LogP contribution in [0.1, 0.15) is 57.8 Å². The lowest BCUT2D eigenvalue weighted by Crippen LogP contribution is -2.22. The minimum absolute atomic E-state index is 0.0841. The van der Waals surface area contributed by atoms with E-state index in [-0.39, 0.29) is 6.29 Å². The predicted molar refractivity (Wildman–Crippen MR) is 92.9 cm³/mol. The highest BCUT2D eigenvalue weighted by Gasteiger charge is 2.13. The number of ether oxygens (including phenoxy) is 2. The van der Waals surface area contributed by atoms with Crippen molar-refractivity contribution in [2.75, 3.05) is 23.9 Å². The van der Waals surface area contributed by atoms with Crippen LogP contribution in [0.4, 0.5) is 0 Å². The van der Waals surface area contributed by atoms with Crippen LogP contribution in [0.15, 0.2) is 11.6 Å². The normalized spacial score (nSPS) is 19.0. The number of hydrogen-bond donors (Lipinski definition) is 0. The molecule has 0 spiro atoms. The monoisotopic (exact) mass is 410 g/mol. The van der Waals surface area contributed by atoms with Crippen LogP contribution in [0.3, 0.4) is 0 Å². The summed E-state index contributed by atoms with van der Waals surface area (Å²) in [6.45, 7) is 1.74. The molecule has 0 aromatic heterocycles. The molecule has 1 rings (SSSR count). The second-order valence-electron chi connectivity index (χ2n) is 5.35. The fourth-order valence-electron chi connectivity index (χ4n) is 2.29. The maximum atomic E-state index is 5.73. The molecule has 0 N–H and O–H groups in total. The molecular weight excluding hydrogens is 384 g/mol. The lowest BCUT2D eigenvalue weighted by Gasteiger charge is -2.22. The summed E-state index contributed by atoms with van der Waals surface area (Å²) in [6, 6.07) is 0. The quantitative estimate of drug-likeness (QED) is 0.250. The van der Waals surface area contributed by atoms with Crippen molar-refractivity contribution in [3.63, 3.8) is 0 Å². The largest absolute Gasteiger partial charge is 0.353 e. The number of halogens is 2. The van der Waals surface area contributed by atoms with Gasteiger partial charge in [0.2, 0.25) is 0 Å². The first kappa shape index (κ1) is 18.7. The van der Waals surface area contributed by atoms with E-state index < -0.39 is 0 Å². The van der Waals surface area contributed by atoms with Gasteiger partial charge in [0.1, 0.15) is 0 Å². The Morgan fingerprint density at radius 1 is 1.05 bits per heavy atom. The summed E-state index contributed by atoms with van der Waals surface area (Å²) in [6.07, 6.45) is 13.6. The van der Waals surface area contributed by atoms with E-state index in [1.54, 1.807) is 0 Å². The van der Waals surface area contributed by atoms with Crippen molar-refractivity contribution in [2.45, 2.75) is 64.1 Å². The van der Waals surface area contributed by atoms with Gasteiger partial charge in [-0.2, -0.15) is 0 Å². The Labute approximate surface area is 140 Å². The minimum Gasteiger partial charge on any atom is -0.353 e. The zero-order chi connectivity index (χ0) is 14.5. The van der Waals surface area contributed by atoms with Gasteiger partial charge in [-0.15, -0.1) is 0 Å². The molecule has 1 aliphatic rings. The third-order valence-electron chi connectivity index (χ3n) is 3.57. The van der Waals surface area contributed by atoms with Crippen molar-refractivity contribution < 1.29 is 9.47 Å². The van der Waals surface area contributed by atoms with Gasteiger partial charge in [-0.05, 0) is 38.5 Å². The molecule has 20 heavy (non-hydrogen) atoms. The first-order valence-electron chi connectivity index (χ1n) is 7.90. The maximum absolute atomic E-state index is 5.73. The van der Waals surface area contributed by atoms with Gasteiger partial charge in [-0.3, -0.25) is 0 Å². The third-order valence-corrected chi connectivity index (χ3v) is 5.01. The average molecular weight is 412 g/mol. The molecule has 2 nitrogen and oxygen atoms in total. The van der Waals surface area contributed by atoms with Crippen LogP contribution in [-0.4, -0.2) is 30.2 Å². The fourth-order valence-corrected chi connectivity index (χ4v) is 3.67. The van der Waals surface area contributed by atoms with E-state index in [0.717, 1.165) is 30.3 Å².